The fraction of sp³-hybridized carbons (Fsp3) is 0.429. The standard InChI is InChI=1S/C14H19N3O2/c1-3-11(15)10-7-5-6-8-12(10)18-9-14-16-13(4-2)17-19-14/h5-8,11H,3-4,9,15H2,1-2H3/t11-/m1/s1. The van der Waals surface area contributed by atoms with E-state index in [1.54, 1.807) is 0 Å². The van der Waals surface area contributed by atoms with Crippen LogP contribution in [0.5, 0.6) is 5.75 Å². The molecule has 102 valence electrons. The quantitative estimate of drug-likeness (QED) is 0.865. The van der Waals surface area contributed by atoms with Gasteiger partial charge < -0.3 is 15.0 Å². The minimum Gasteiger partial charge on any atom is -0.483 e. The molecular formula is C14H19N3O2. The summed E-state index contributed by atoms with van der Waals surface area (Å²) in [6, 6.07) is 7.74. The highest BCUT2D eigenvalue weighted by Gasteiger charge is 2.11. The third-order valence-corrected chi connectivity index (χ3v) is 2.94. The van der Waals surface area contributed by atoms with Gasteiger partial charge in [0.2, 0.25) is 0 Å². The van der Waals surface area contributed by atoms with E-state index in [4.69, 9.17) is 15.0 Å². The fourth-order valence-corrected chi connectivity index (χ4v) is 1.77. The molecule has 2 aromatic rings. The van der Waals surface area contributed by atoms with Crippen LogP contribution in [0, 0.1) is 0 Å². The van der Waals surface area contributed by atoms with Crippen molar-refractivity contribution in [2.75, 3.05) is 0 Å². The molecule has 0 radical (unpaired) electrons. The predicted molar refractivity (Wildman–Crippen MR) is 71.7 cm³/mol. The zero-order valence-electron chi connectivity index (χ0n) is 11.3. The summed E-state index contributed by atoms with van der Waals surface area (Å²) in [5.41, 5.74) is 7.06. The molecule has 2 N–H and O–H groups in total. The molecule has 1 atom stereocenters. The van der Waals surface area contributed by atoms with Gasteiger partial charge in [0, 0.05) is 18.0 Å². The lowest BCUT2D eigenvalue weighted by Crippen LogP contribution is -2.10. The molecule has 1 heterocycles. The molecule has 1 aromatic carbocycles. The molecule has 0 bridgehead atoms. The van der Waals surface area contributed by atoms with Crippen LogP contribution in [0.4, 0.5) is 0 Å². The number of para-hydroxylation sites is 1. The topological polar surface area (TPSA) is 74.2 Å². The van der Waals surface area contributed by atoms with Crippen LogP contribution in [0.25, 0.3) is 0 Å². The first kappa shape index (κ1) is 13.5. The number of nitrogens with zero attached hydrogens (tertiary/aromatic N) is 2. The maximum absolute atomic E-state index is 6.06. The number of aryl methyl sites for hydroxylation is 1. The van der Waals surface area contributed by atoms with Crippen molar-refractivity contribution in [1.82, 2.24) is 10.1 Å². The van der Waals surface area contributed by atoms with Gasteiger partial charge in [-0.3, -0.25) is 0 Å². The number of ether oxygens (including phenoxy) is 1. The summed E-state index contributed by atoms with van der Waals surface area (Å²) in [4.78, 5) is 4.20. The molecule has 2 rings (SSSR count). The predicted octanol–water partition coefficient (Wildman–Crippen LogP) is 2.62. The highest BCUT2D eigenvalue weighted by atomic mass is 16.5. The summed E-state index contributed by atoms with van der Waals surface area (Å²) in [5, 5.41) is 3.83. The second-order valence-corrected chi connectivity index (χ2v) is 4.30. The SMILES string of the molecule is CCc1noc(COc2ccccc2[C@H](N)CC)n1. The lowest BCUT2D eigenvalue weighted by Gasteiger charge is -2.14. The van der Waals surface area contributed by atoms with E-state index in [-0.39, 0.29) is 12.6 Å². The van der Waals surface area contributed by atoms with E-state index < -0.39 is 0 Å². The van der Waals surface area contributed by atoms with Crippen LogP contribution in [-0.4, -0.2) is 10.1 Å². The monoisotopic (exact) mass is 261 g/mol. The molecule has 5 heteroatoms. The van der Waals surface area contributed by atoms with Gasteiger partial charge in [-0.15, -0.1) is 0 Å². The first-order valence-electron chi connectivity index (χ1n) is 6.53. The van der Waals surface area contributed by atoms with Gasteiger partial charge in [0.1, 0.15) is 5.75 Å². The number of hydrogen-bond acceptors (Lipinski definition) is 5. The van der Waals surface area contributed by atoms with Gasteiger partial charge in [0.15, 0.2) is 12.4 Å². The van der Waals surface area contributed by atoms with E-state index in [0.29, 0.717) is 11.7 Å². The summed E-state index contributed by atoms with van der Waals surface area (Å²) < 4.78 is 10.8. The van der Waals surface area contributed by atoms with Crippen molar-refractivity contribution < 1.29 is 9.26 Å². The van der Waals surface area contributed by atoms with Crippen LogP contribution >= 0.6 is 0 Å². The van der Waals surface area contributed by atoms with Crippen molar-refractivity contribution in [1.29, 1.82) is 0 Å². The summed E-state index contributed by atoms with van der Waals surface area (Å²) in [7, 11) is 0. The number of nitrogens with two attached hydrogens (primary N) is 1. The van der Waals surface area contributed by atoms with Crippen molar-refractivity contribution in [2.24, 2.45) is 5.73 Å². The van der Waals surface area contributed by atoms with E-state index in [1.807, 2.05) is 38.1 Å². The molecule has 0 amide bonds. The van der Waals surface area contributed by atoms with Gasteiger partial charge in [-0.1, -0.05) is 37.2 Å². The van der Waals surface area contributed by atoms with Crippen molar-refractivity contribution >= 4 is 0 Å². The van der Waals surface area contributed by atoms with Crippen molar-refractivity contribution in [3.05, 3.63) is 41.5 Å². The Labute approximate surface area is 112 Å². The maximum atomic E-state index is 6.06. The Morgan fingerprint density at radius 2 is 2.11 bits per heavy atom. The van der Waals surface area contributed by atoms with Crippen LogP contribution < -0.4 is 10.5 Å². The van der Waals surface area contributed by atoms with Crippen LogP contribution in [0.3, 0.4) is 0 Å². The van der Waals surface area contributed by atoms with Gasteiger partial charge in [0.05, 0.1) is 0 Å². The lowest BCUT2D eigenvalue weighted by atomic mass is 10.0. The third-order valence-electron chi connectivity index (χ3n) is 2.94. The molecular weight excluding hydrogens is 242 g/mol. The molecule has 1 aromatic heterocycles. The van der Waals surface area contributed by atoms with Crippen LogP contribution in [-0.2, 0) is 13.0 Å². The van der Waals surface area contributed by atoms with E-state index in [2.05, 4.69) is 10.1 Å². The number of aromatic nitrogens is 2. The summed E-state index contributed by atoms with van der Waals surface area (Å²) >= 11 is 0. The molecule has 0 unspecified atom stereocenters. The van der Waals surface area contributed by atoms with Gasteiger partial charge in [0.25, 0.3) is 5.89 Å². The highest BCUT2D eigenvalue weighted by Crippen LogP contribution is 2.25. The molecule has 0 aliphatic rings. The molecule has 0 saturated carbocycles. The van der Waals surface area contributed by atoms with Crippen LogP contribution in [0.15, 0.2) is 28.8 Å². The van der Waals surface area contributed by atoms with E-state index in [9.17, 15) is 0 Å². The summed E-state index contributed by atoms with van der Waals surface area (Å²) in [5.74, 6) is 1.95. The van der Waals surface area contributed by atoms with Crippen LogP contribution in [0.2, 0.25) is 0 Å². The van der Waals surface area contributed by atoms with Gasteiger partial charge in [-0.25, -0.2) is 0 Å². The average molecular weight is 261 g/mol. The molecule has 0 spiro atoms. The Hall–Kier alpha value is -1.88. The second kappa shape index (κ2) is 6.33. The Bertz CT molecular complexity index is 525. The first-order chi connectivity index (χ1) is 9.24. The Kier molecular flexibility index (Phi) is 4.52. The Morgan fingerprint density at radius 3 is 2.79 bits per heavy atom. The summed E-state index contributed by atoms with van der Waals surface area (Å²) in [6.45, 7) is 4.29. The highest BCUT2D eigenvalue weighted by molar-refractivity contribution is 5.35. The second-order valence-electron chi connectivity index (χ2n) is 4.30. The number of benzene rings is 1. The molecule has 5 nitrogen and oxygen atoms in total. The number of rotatable bonds is 6. The van der Waals surface area contributed by atoms with E-state index in [0.717, 1.165) is 24.2 Å². The molecule has 0 saturated heterocycles. The van der Waals surface area contributed by atoms with Crippen molar-refractivity contribution in [3.8, 4) is 5.75 Å². The molecule has 0 aliphatic heterocycles. The van der Waals surface area contributed by atoms with Crippen LogP contribution in [0.1, 0.15) is 43.6 Å². The normalized spacial score (nSPS) is 12.4. The zero-order chi connectivity index (χ0) is 13.7. The smallest absolute Gasteiger partial charge is 0.264 e. The average Bonchev–Trinajstić information content (AvgIpc) is 2.92. The van der Waals surface area contributed by atoms with E-state index in [1.165, 1.54) is 0 Å². The zero-order valence-corrected chi connectivity index (χ0v) is 11.3. The summed E-state index contributed by atoms with van der Waals surface area (Å²) in [6.07, 6.45) is 1.61. The maximum Gasteiger partial charge on any atom is 0.264 e. The van der Waals surface area contributed by atoms with Gasteiger partial charge in [-0.05, 0) is 12.5 Å². The molecule has 19 heavy (non-hydrogen) atoms. The minimum absolute atomic E-state index is 0.0231. The van der Waals surface area contributed by atoms with E-state index >= 15 is 0 Å². The third kappa shape index (κ3) is 3.32. The Balaban J connectivity index is 2.06. The van der Waals surface area contributed by atoms with Gasteiger partial charge >= 0.3 is 0 Å². The molecule has 0 aliphatic carbocycles. The largest absolute Gasteiger partial charge is 0.483 e. The van der Waals surface area contributed by atoms with Gasteiger partial charge in [-0.2, -0.15) is 4.98 Å². The lowest BCUT2D eigenvalue weighted by molar-refractivity contribution is 0.239. The number of hydrogen-bond donors (Lipinski definition) is 1. The Morgan fingerprint density at radius 1 is 1.32 bits per heavy atom. The fourth-order valence-electron chi connectivity index (χ4n) is 1.77. The van der Waals surface area contributed by atoms with Crippen molar-refractivity contribution in [2.45, 2.75) is 39.3 Å². The van der Waals surface area contributed by atoms with Crippen molar-refractivity contribution in [3.63, 3.8) is 0 Å². The molecule has 0 fully saturated rings. The first-order valence-corrected chi connectivity index (χ1v) is 6.53. The minimum atomic E-state index is -0.0231.